The molecule has 5 N–H and O–H groups in total. The molecule has 0 bridgehead atoms. The van der Waals surface area contributed by atoms with E-state index in [1.54, 1.807) is 36.4 Å². The van der Waals surface area contributed by atoms with Crippen molar-refractivity contribution in [2.75, 3.05) is 19.8 Å². The van der Waals surface area contributed by atoms with E-state index in [1.165, 1.54) is 5.48 Å². The number of hydrogen-bond donors (Lipinski definition) is 5. The first-order valence-corrected chi connectivity index (χ1v) is 11.5. The topological polar surface area (TPSA) is 137 Å². The Morgan fingerprint density at radius 3 is 2.08 bits per heavy atom. The normalized spacial score (nSPS) is 11.3. The highest BCUT2D eigenvalue weighted by Crippen LogP contribution is 2.23. The van der Waals surface area contributed by atoms with Crippen LogP contribution in [0.1, 0.15) is 22.3 Å². The van der Waals surface area contributed by atoms with E-state index in [2.05, 4.69) is 10.6 Å². The largest absolute Gasteiger partial charge is 0.491 e. The minimum atomic E-state index is -1.59. The fourth-order valence-corrected chi connectivity index (χ4v) is 3.50. The number of carbonyl (C=O) groups is 3. The third-order valence-electron chi connectivity index (χ3n) is 5.39. The quantitative estimate of drug-likeness (QED) is 0.114. The average Bonchev–Trinajstić information content (AvgIpc) is 2.93. The number of aliphatic hydroxyl groups is 1. The van der Waals surface area contributed by atoms with E-state index >= 15 is 0 Å². The smallest absolute Gasteiger partial charge is 0.275 e. The summed E-state index contributed by atoms with van der Waals surface area (Å²) in [5.41, 5.74) is 4.54. The molecule has 0 radical (unpaired) electrons. The molecule has 0 saturated heterocycles. The molecule has 0 aliphatic heterocycles. The molecule has 36 heavy (non-hydrogen) atoms. The molecule has 188 valence electrons. The van der Waals surface area contributed by atoms with Crippen molar-refractivity contribution >= 4 is 17.7 Å². The van der Waals surface area contributed by atoms with Gasteiger partial charge in [-0.15, -0.1) is 0 Å². The fourth-order valence-electron chi connectivity index (χ4n) is 3.50. The lowest BCUT2D eigenvalue weighted by atomic mass is 10.0. The predicted octanol–water partition coefficient (Wildman–Crippen LogP) is 2.08. The standard InChI is InChI=1S/C27H29N3O6/c31-17-18-36-23-14-12-21(13-15-23)20-8-10-22(11-9-20)25(32)29-24(27(34)30-35)26(33)28-16-4-7-19-5-2-1-3-6-19/h1-3,5-6,8-15,24,31,35H,4,7,16-18H2,(H,28,33)(H,29,32)(H,30,34). The maximum atomic E-state index is 12.7. The van der Waals surface area contributed by atoms with Gasteiger partial charge >= 0.3 is 0 Å². The molecule has 0 aromatic heterocycles. The second kappa shape index (κ2) is 13.6. The van der Waals surface area contributed by atoms with Crippen molar-refractivity contribution in [3.8, 4) is 16.9 Å². The fraction of sp³-hybridized carbons (Fsp3) is 0.222. The molecule has 0 fully saturated rings. The molecule has 9 nitrogen and oxygen atoms in total. The third kappa shape index (κ3) is 7.66. The first-order valence-electron chi connectivity index (χ1n) is 11.5. The van der Waals surface area contributed by atoms with Crippen LogP contribution < -0.4 is 20.9 Å². The number of ether oxygens (including phenoxy) is 1. The Hall–Kier alpha value is -4.21. The summed E-state index contributed by atoms with van der Waals surface area (Å²) in [5, 5.41) is 22.9. The maximum absolute atomic E-state index is 12.7. The van der Waals surface area contributed by atoms with Gasteiger partial charge in [0.05, 0.1) is 6.61 Å². The number of hydroxylamine groups is 1. The van der Waals surface area contributed by atoms with Crippen LogP contribution in [0.3, 0.4) is 0 Å². The molecule has 1 atom stereocenters. The summed E-state index contributed by atoms with van der Waals surface area (Å²) < 4.78 is 5.35. The lowest BCUT2D eigenvalue weighted by Gasteiger charge is -2.17. The minimum Gasteiger partial charge on any atom is -0.491 e. The summed E-state index contributed by atoms with van der Waals surface area (Å²) >= 11 is 0. The van der Waals surface area contributed by atoms with Gasteiger partial charge in [0.15, 0.2) is 6.04 Å². The average molecular weight is 492 g/mol. The van der Waals surface area contributed by atoms with Crippen molar-refractivity contribution in [2.45, 2.75) is 18.9 Å². The first kappa shape index (κ1) is 26.4. The van der Waals surface area contributed by atoms with Gasteiger partial charge in [0, 0.05) is 12.1 Å². The molecule has 3 aromatic carbocycles. The van der Waals surface area contributed by atoms with Crippen LogP contribution in [0, 0.1) is 0 Å². The van der Waals surface area contributed by atoms with Crippen molar-refractivity contribution in [3.63, 3.8) is 0 Å². The molecule has 0 heterocycles. The molecule has 3 aromatic rings. The monoisotopic (exact) mass is 491 g/mol. The van der Waals surface area contributed by atoms with Crippen molar-refractivity contribution in [1.82, 2.24) is 16.1 Å². The van der Waals surface area contributed by atoms with Gasteiger partial charge in [-0.05, 0) is 53.8 Å². The van der Waals surface area contributed by atoms with Crippen molar-refractivity contribution < 1.29 is 29.4 Å². The molecular weight excluding hydrogens is 462 g/mol. The molecular formula is C27H29N3O6. The Morgan fingerprint density at radius 1 is 0.833 bits per heavy atom. The summed E-state index contributed by atoms with van der Waals surface area (Å²) in [5.74, 6) is -1.76. The molecule has 0 aliphatic rings. The zero-order chi connectivity index (χ0) is 25.8. The Kier molecular flexibility index (Phi) is 9.99. The highest BCUT2D eigenvalue weighted by atomic mass is 16.5. The number of amides is 3. The van der Waals surface area contributed by atoms with E-state index in [9.17, 15) is 14.4 Å². The van der Waals surface area contributed by atoms with Crippen molar-refractivity contribution in [3.05, 3.63) is 90.0 Å². The molecule has 1 unspecified atom stereocenters. The summed E-state index contributed by atoms with van der Waals surface area (Å²) in [6.45, 7) is 0.448. The van der Waals surface area contributed by atoms with E-state index < -0.39 is 23.8 Å². The van der Waals surface area contributed by atoms with Crippen LogP contribution in [-0.2, 0) is 16.0 Å². The molecule has 0 aliphatic carbocycles. The third-order valence-corrected chi connectivity index (χ3v) is 5.39. The Bertz CT molecular complexity index is 1130. The predicted molar refractivity (Wildman–Crippen MR) is 133 cm³/mol. The second-order valence-corrected chi connectivity index (χ2v) is 7.94. The number of rotatable bonds is 12. The lowest BCUT2D eigenvalue weighted by Crippen LogP contribution is -2.55. The van der Waals surface area contributed by atoms with Crippen LogP contribution in [0.15, 0.2) is 78.9 Å². The Morgan fingerprint density at radius 2 is 1.47 bits per heavy atom. The van der Waals surface area contributed by atoms with Crippen molar-refractivity contribution in [2.24, 2.45) is 0 Å². The SMILES string of the molecule is O=C(NC(C(=O)NO)C(=O)NCCCc1ccccc1)c1ccc(-c2ccc(OCCO)cc2)cc1. The maximum Gasteiger partial charge on any atom is 0.275 e. The van der Waals surface area contributed by atoms with E-state index in [1.807, 2.05) is 42.5 Å². The van der Waals surface area contributed by atoms with Gasteiger partial charge in [0.2, 0.25) is 0 Å². The van der Waals surface area contributed by atoms with Gasteiger partial charge < -0.3 is 20.5 Å². The summed E-state index contributed by atoms with van der Waals surface area (Å²) in [6, 6.07) is 22.1. The van der Waals surface area contributed by atoms with E-state index in [-0.39, 0.29) is 18.8 Å². The van der Waals surface area contributed by atoms with Crippen LogP contribution in [0.25, 0.3) is 11.1 Å². The minimum absolute atomic E-state index is 0.0674. The van der Waals surface area contributed by atoms with E-state index in [0.29, 0.717) is 18.7 Å². The van der Waals surface area contributed by atoms with Gasteiger partial charge in [0.1, 0.15) is 12.4 Å². The molecule has 0 spiro atoms. The Labute approximate surface area is 209 Å². The molecule has 3 amide bonds. The zero-order valence-electron chi connectivity index (χ0n) is 19.6. The van der Waals surface area contributed by atoms with Gasteiger partial charge in [-0.3, -0.25) is 19.6 Å². The van der Waals surface area contributed by atoms with Crippen LogP contribution in [0.4, 0.5) is 0 Å². The van der Waals surface area contributed by atoms with E-state index in [4.69, 9.17) is 15.1 Å². The highest BCUT2D eigenvalue weighted by molar-refractivity contribution is 6.08. The summed E-state index contributed by atoms with van der Waals surface area (Å²) in [7, 11) is 0. The molecule has 9 heteroatoms. The summed E-state index contributed by atoms with van der Waals surface area (Å²) in [6.07, 6.45) is 1.39. The first-order chi connectivity index (χ1) is 17.5. The van der Waals surface area contributed by atoms with Crippen LogP contribution in [-0.4, -0.2) is 53.8 Å². The number of aliphatic hydroxyl groups excluding tert-OH is 1. The number of carbonyl (C=O) groups excluding carboxylic acids is 3. The van der Waals surface area contributed by atoms with Gasteiger partial charge in [-0.2, -0.15) is 0 Å². The van der Waals surface area contributed by atoms with E-state index in [0.717, 1.165) is 23.1 Å². The van der Waals surface area contributed by atoms with Crippen molar-refractivity contribution in [1.29, 1.82) is 0 Å². The molecule has 3 rings (SSSR count). The van der Waals surface area contributed by atoms with Crippen LogP contribution in [0.2, 0.25) is 0 Å². The zero-order valence-corrected chi connectivity index (χ0v) is 19.6. The molecule has 0 saturated carbocycles. The van der Waals surface area contributed by atoms with Crippen LogP contribution in [0.5, 0.6) is 5.75 Å². The van der Waals surface area contributed by atoms with Crippen LogP contribution >= 0.6 is 0 Å². The number of hydrogen-bond acceptors (Lipinski definition) is 6. The van der Waals surface area contributed by atoms with Gasteiger partial charge in [0.25, 0.3) is 17.7 Å². The number of benzene rings is 3. The number of aryl methyl sites for hydroxylation is 1. The summed E-state index contributed by atoms with van der Waals surface area (Å²) in [4.78, 5) is 37.3. The number of nitrogens with one attached hydrogen (secondary N) is 3. The lowest BCUT2D eigenvalue weighted by molar-refractivity contribution is -0.137. The second-order valence-electron chi connectivity index (χ2n) is 7.94. The van der Waals surface area contributed by atoms with Gasteiger partial charge in [-0.25, -0.2) is 5.48 Å². The highest BCUT2D eigenvalue weighted by Gasteiger charge is 2.28. The van der Waals surface area contributed by atoms with Gasteiger partial charge in [-0.1, -0.05) is 54.6 Å². The Balaban J connectivity index is 1.57.